The van der Waals surface area contributed by atoms with Crippen molar-refractivity contribution in [2.24, 2.45) is 0 Å². The van der Waals surface area contributed by atoms with Crippen LogP contribution in [-0.4, -0.2) is 4.98 Å². The van der Waals surface area contributed by atoms with Crippen molar-refractivity contribution in [2.75, 3.05) is 0 Å². The molecule has 0 N–H and O–H groups in total. The molecule has 0 bridgehead atoms. The standard InChI is InChI=1S/C24H19FN2O/c25-21-11-9-18(19-2-1-13-27-22(19)14-26)20-10-12-23(24(20)21)28-17-7-5-16(6-8-17)15-3-4-15/h1-2,5-9,11,13,15,23H,3-4,10,12H2. The molecule has 1 heterocycles. The number of nitrogens with zero attached hydrogens (tertiary/aromatic N) is 2. The lowest BCUT2D eigenvalue weighted by Gasteiger charge is -2.17. The molecule has 1 atom stereocenters. The summed E-state index contributed by atoms with van der Waals surface area (Å²) in [5.41, 5.74) is 4.86. The average Bonchev–Trinajstić information content (AvgIpc) is 3.50. The first-order chi connectivity index (χ1) is 13.7. The van der Waals surface area contributed by atoms with E-state index in [1.54, 1.807) is 18.3 Å². The summed E-state index contributed by atoms with van der Waals surface area (Å²) < 4.78 is 20.9. The van der Waals surface area contributed by atoms with Crippen LogP contribution in [0.3, 0.4) is 0 Å². The van der Waals surface area contributed by atoms with E-state index in [1.807, 2.05) is 18.2 Å². The Balaban J connectivity index is 1.49. The second-order valence-corrected chi connectivity index (χ2v) is 7.49. The lowest BCUT2D eigenvalue weighted by atomic mass is 9.95. The van der Waals surface area contributed by atoms with Crippen molar-refractivity contribution in [1.29, 1.82) is 5.26 Å². The van der Waals surface area contributed by atoms with Gasteiger partial charge in [0, 0.05) is 17.3 Å². The van der Waals surface area contributed by atoms with Gasteiger partial charge in [0.05, 0.1) is 0 Å². The van der Waals surface area contributed by atoms with Crippen molar-refractivity contribution in [3.8, 4) is 22.9 Å². The van der Waals surface area contributed by atoms with Gasteiger partial charge in [0.25, 0.3) is 0 Å². The molecule has 2 aliphatic rings. The van der Waals surface area contributed by atoms with Gasteiger partial charge < -0.3 is 4.74 Å². The van der Waals surface area contributed by atoms with Crippen LogP contribution in [0.15, 0.2) is 54.7 Å². The Morgan fingerprint density at radius 3 is 2.57 bits per heavy atom. The molecule has 3 nitrogen and oxygen atoms in total. The van der Waals surface area contributed by atoms with E-state index in [9.17, 15) is 9.65 Å². The molecular weight excluding hydrogens is 351 g/mol. The molecule has 0 saturated heterocycles. The molecule has 2 aromatic carbocycles. The first-order valence-corrected chi connectivity index (χ1v) is 9.68. The highest BCUT2D eigenvalue weighted by molar-refractivity contribution is 5.73. The predicted molar refractivity (Wildman–Crippen MR) is 104 cm³/mol. The first kappa shape index (κ1) is 16.9. The summed E-state index contributed by atoms with van der Waals surface area (Å²) in [5, 5.41) is 9.38. The maximum atomic E-state index is 14.7. The maximum Gasteiger partial charge on any atom is 0.148 e. The molecule has 28 heavy (non-hydrogen) atoms. The Kier molecular flexibility index (Phi) is 4.09. The predicted octanol–water partition coefficient (Wildman–Crippen LogP) is 5.70. The van der Waals surface area contributed by atoms with E-state index in [0.717, 1.165) is 28.9 Å². The minimum Gasteiger partial charge on any atom is -0.486 e. The van der Waals surface area contributed by atoms with E-state index in [-0.39, 0.29) is 11.9 Å². The molecule has 1 aromatic heterocycles. The Morgan fingerprint density at radius 1 is 1.00 bits per heavy atom. The lowest BCUT2D eigenvalue weighted by molar-refractivity contribution is 0.203. The van der Waals surface area contributed by atoms with Crippen molar-refractivity contribution >= 4 is 0 Å². The summed E-state index contributed by atoms with van der Waals surface area (Å²) in [6, 6.07) is 17.2. The average molecular weight is 370 g/mol. The highest BCUT2D eigenvalue weighted by atomic mass is 19.1. The number of halogens is 1. The molecule has 0 radical (unpaired) electrons. The van der Waals surface area contributed by atoms with Gasteiger partial charge in [-0.05, 0) is 78.6 Å². The molecule has 5 rings (SSSR count). The Bertz CT molecular complexity index is 1080. The zero-order chi connectivity index (χ0) is 19.1. The van der Waals surface area contributed by atoms with E-state index < -0.39 is 0 Å². The quantitative estimate of drug-likeness (QED) is 0.591. The van der Waals surface area contributed by atoms with Gasteiger partial charge in [-0.3, -0.25) is 0 Å². The summed E-state index contributed by atoms with van der Waals surface area (Å²) in [6.45, 7) is 0. The summed E-state index contributed by atoms with van der Waals surface area (Å²) in [7, 11) is 0. The molecule has 3 aromatic rings. The zero-order valence-electron chi connectivity index (χ0n) is 15.4. The molecule has 0 spiro atoms. The van der Waals surface area contributed by atoms with Gasteiger partial charge >= 0.3 is 0 Å². The number of nitriles is 1. The Morgan fingerprint density at radius 2 is 1.82 bits per heavy atom. The van der Waals surface area contributed by atoms with Gasteiger partial charge in [-0.15, -0.1) is 0 Å². The fourth-order valence-electron chi connectivity index (χ4n) is 4.15. The molecular formula is C24H19FN2O. The summed E-state index contributed by atoms with van der Waals surface area (Å²) in [6.07, 6.45) is 5.25. The lowest BCUT2D eigenvalue weighted by Crippen LogP contribution is -2.06. The van der Waals surface area contributed by atoms with E-state index in [4.69, 9.17) is 4.74 Å². The van der Waals surface area contributed by atoms with Crippen LogP contribution in [0, 0.1) is 17.1 Å². The number of pyridine rings is 1. The number of aromatic nitrogens is 1. The number of ether oxygens (including phenoxy) is 1. The summed E-state index contributed by atoms with van der Waals surface area (Å²) >= 11 is 0. The third kappa shape index (κ3) is 2.93. The molecule has 0 amide bonds. The van der Waals surface area contributed by atoms with Crippen molar-refractivity contribution in [2.45, 2.75) is 37.7 Å². The molecule has 1 unspecified atom stereocenters. The minimum atomic E-state index is -0.316. The van der Waals surface area contributed by atoms with E-state index in [2.05, 4.69) is 23.2 Å². The van der Waals surface area contributed by atoms with Crippen LogP contribution in [-0.2, 0) is 6.42 Å². The largest absolute Gasteiger partial charge is 0.486 e. The zero-order valence-corrected chi connectivity index (χ0v) is 15.4. The van der Waals surface area contributed by atoms with Crippen LogP contribution in [0.1, 0.15) is 53.7 Å². The highest BCUT2D eigenvalue weighted by Gasteiger charge is 2.31. The summed E-state index contributed by atoms with van der Waals surface area (Å²) in [5.74, 6) is 1.22. The van der Waals surface area contributed by atoms with E-state index in [1.165, 1.54) is 24.5 Å². The second kappa shape index (κ2) is 6.76. The third-order valence-electron chi connectivity index (χ3n) is 5.69. The van der Waals surface area contributed by atoms with E-state index in [0.29, 0.717) is 23.6 Å². The number of hydrogen-bond donors (Lipinski definition) is 0. The van der Waals surface area contributed by atoms with Gasteiger partial charge in [-0.25, -0.2) is 9.37 Å². The highest BCUT2D eigenvalue weighted by Crippen LogP contribution is 2.43. The Labute approximate surface area is 163 Å². The van der Waals surface area contributed by atoms with Gasteiger partial charge in [0.1, 0.15) is 29.4 Å². The molecule has 138 valence electrons. The normalized spacial score (nSPS) is 17.8. The van der Waals surface area contributed by atoms with E-state index >= 15 is 0 Å². The number of hydrogen-bond acceptors (Lipinski definition) is 3. The molecule has 1 saturated carbocycles. The number of fused-ring (bicyclic) bond motifs is 1. The van der Waals surface area contributed by atoms with Gasteiger partial charge in [-0.1, -0.05) is 18.2 Å². The number of rotatable bonds is 4. The fourth-order valence-corrected chi connectivity index (χ4v) is 4.15. The first-order valence-electron chi connectivity index (χ1n) is 9.68. The summed E-state index contributed by atoms with van der Waals surface area (Å²) in [4.78, 5) is 4.15. The molecule has 2 aliphatic carbocycles. The molecule has 4 heteroatoms. The third-order valence-corrected chi connectivity index (χ3v) is 5.69. The van der Waals surface area contributed by atoms with Crippen LogP contribution in [0.2, 0.25) is 0 Å². The SMILES string of the molecule is N#Cc1ncccc1-c1ccc(F)c2c1CCC2Oc1ccc(C2CC2)cc1. The van der Waals surface area contributed by atoms with Crippen LogP contribution in [0.5, 0.6) is 5.75 Å². The van der Waals surface area contributed by atoms with Crippen LogP contribution >= 0.6 is 0 Å². The molecule has 0 aliphatic heterocycles. The van der Waals surface area contributed by atoms with Crippen molar-refractivity contribution in [3.05, 3.63) is 82.9 Å². The van der Waals surface area contributed by atoms with Crippen molar-refractivity contribution in [1.82, 2.24) is 4.98 Å². The van der Waals surface area contributed by atoms with Gasteiger partial charge in [-0.2, -0.15) is 5.26 Å². The fraction of sp³-hybridized carbons (Fsp3) is 0.250. The second-order valence-electron chi connectivity index (χ2n) is 7.49. The van der Waals surface area contributed by atoms with Crippen molar-refractivity contribution in [3.63, 3.8) is 0 Å². The van der Waals surface area contributed by atoms with Gasteiger partial charge in [0.15, 0.2) is 0 Å². The Hall–Kier alpha value is -3.19. The van der Waals surface area contributed by atoms with Crippen LogP contribution < -0.4 is 4.74 Å². The number of benzene rings is 2. The van der Waals surface area contributed by atoms with Gasteiger partial charge in [0.2, 0.25) is 0 Å². The molecule has 1 fully saturated rings. The monoisotopic (exact) mass is 370 g/mol. The van der Waals surface area contributed by atoms with Crippen LogP contribution in [0.4, 0.5) is 4.39 Å². The smallest absolute Gasteiger partial charge is 0.148 e. The minimum absolute atomic E-state index is 0.252. The van der Waals surface area contributed by atoms with Crippen molar-refractivity contribution < 1.29 is 9.13 Å². The maximum absolute atomic E-state index is 14.7. The topological polar surface area (TPSA) is 45.9 Å². The van der Waals surface area contributed by atoms with Crippen LogP contribution in [0.25, 0.3) is 11.1 Å².